The van der Waals surface area contributed by atoms with E-state index in [1.807, 2.05) is 0 Å². The zero-order chi connectivity index (χ0) is 9.40. The van der Waals surface area contributed by atoms with E-state index in [9.17, 15) is 0 Å². The first-order valence-electron chi connectivity index (χ1n) is 4.61. The van der Waals surface area contributed by atoms with Crippen molar-refractivity contribution in [1.82, 2.24) is 5.32 Å². The molecule has 0 aliphatic rings. The summed E-state index contributed by atoms with van der Waals surface area (Å²) in [6.45, 7) is 8.75. The second-order valence-electron chi connectivity index (χ2n) is 3.29. The molecule has 1 atom stereocenters. The van der Waals surface area contributed by atoms with Gasteiger partial charge < -0.3 is 15.2 Å². The largest absolute Gasteiger partial charge is 0.395 e. The Morgan fingerprint density at radius 2 is 1.92 bits per heavy atom. The quantitative estimate of drug-likeness (QED) is 0.558. The number of aliphatic hydroxyl groups is 1. The van der Waals surface area contributed by atoms with E-state index in [0.29, 0.717) is 18.6 Å². The number of rotatable bonds is 7. The number of nitrogens with one attached hydrogen (secondary N) is 1. The van der Waals surface area contributed by atoms with Gasteiger partial charge in [-0.25, -0.2) is 0 Å². The smallest absolute Gasteiger partial charge is 0.0594 e. The van der Waals surface area contributed by atoms with Crippen molar-refractivity contribution in [3.63, 3.8) is 0 Å². The van der Waals surface area contributed by atoms with Gasteiger partial charge in [-0.2, -0.15) is 0 Å². The summed E-state index contributed by atoms with van der Waals surface area (Å²) < 4.78 is 5.51. The van der Waals surface area contributed by atoms with Crippen LogP contribution in [0.1, 0.15) is 20.8 Å². The Kier molecular flexibility index (Phi) is 7.45. The fraction of sp³-hybridized carbons (Fsp3) is 1.00. The van der Waals surface area contributed by atoms with Crippen LogP contribution in [-0.4, -0.2) is 37.5 Å². The fourth-order valence-corrected chi connectivity index (χ4v) is 0.713. The average Bonchev–Trinajstić information content (AvgIpc) is 2.03. The van der Waals surface area contributed by atoms with Gasteiger partial charge >= 0.3 is 0 Å². The molecule has 0 amide bonds. The van der Waals surface area contributed by atoms with Crippen LogP contribution < -0.4 is 5.32 Å². The first-order chi connectivity index (χ1) is 5.68. The molecule has 0 aromatic heterocycles. The zero-order valence-corrected chi connectivity index (χ0v) is 8.34. The summed E-state index contributed by atoms with van der Waals surface area (Å²) >= 11 is 0. The molecule has 0 saturated heterocycles. The standard InChI is InChI=1S/C9H21NO2/c1-8(2)9(3)12-7-5-10-4-6-11/h8-11H,4-7H2,1-3H3. The lowest BCUT2D eigenvalue weighted by Gasteiger charge is -2.16. The van der Waals surface area contributed by atoms with Gasteiger partial charge in [0.2, 0.25) is 0 Å². The maximum absolute atomic E-state index is 8.46. The van der Waals surface area contributed by atoms with E-state index in [2.05, 4.69) is 26.1 Å². The molecule has 0 fully saturated rings. The Morgan fingerprint density at radius 1 is 1.25 bits per heavy atom. The van der Waals surface area contributed by atoms with Crippen molar-refractivity contribution in [1.29, 1.82) is 0 Å². The van der Waals surface area contributed by atoms with Gasteiger partial charge in [0.1, 0.15) is 0 Å². The third kappa shape index (κ3) is 6.58. The van der Waals surface area contributed by atoms with Gasteiger partial charge in [-0.3, -0.25) is 0 Å². The molecule has 3 nitrogen and oxygen atoms in total. The highest BCUT2D eigenvalue weighted by Crippen LogP contribution is 2.03. The molecule has 0 aromatic rings. The van der Waals surface area contributed by atoms with Crippen LogP contribution in [0.5, 0.6) is 0 Å². The summed E-state index contributed by atoms with van der Waals surface area (Å²) in [5, 5.41) is 11.5. The maximum Gasteiger partial charge on any atom is 0.0594 e. The summed E-state index contributed by atoms with van der Waals surface area (Å²) in [6.07, 6.45) is 0.320. The number of ether oxygens (including phenoxy) is 1. The van der Waals surface area contributed by atoms with Crippen LogP contribution in [0.25, 0.3) is 0 Å². The fourth-order valence-electron chi connectivity index (χ4n) is 0.713. The van der Waals surface area contributed by atoms with Crippen LogP contribution in [0, 0.1) is 5.92 Å². The molecule has 0 bridgehead atoms. The lowest BCUT2D eigenvalue weighted by molar-refractivity contribution is 0.0371. The van der Waals surface area contributed by atoms with Crippen molar-refractivity contribution in [2.24, 2.45) is 5.92 Å². The van der Waals surface area contributed by atoms with Crippen molar-refractivity contribution < 1.29 is 9.84 Å². The molecule has 0 saturated carbocycles. The van der Waals surface area contributed by atoms with E-state index in [4.69, 9.17) is 9.84 Å². The third-order valence-electron chi connectivity index (χ3n) is 1.89. The highest BCUT2D eigenvalue weighted by atomic mass is 16.5. The minimum atomic E-state index is 0.194. The van der Waals surface area contributed by atoms with Crippen molar-refractivity contribution >= 4 is 0 Å². The Balaban J connectivity index is 3.08. The Morgan fingerprint density at radius 3 is 2.42 bits per heavy atom. The second-order valence-corrected chi connectivity index (χ2v) is 3.29. The van der Waals surface area contributed by atoms with Gasteiger partial charge in [-0.15, -0.1) is 0 Å². The van der Waals surface area contributed by atoms with Crippen LogP contribution >= 0.6 is 0 Å². The van der Waals surface area contributed by atoms with Crippen molar-refractivity contribution in [2.75, 3.05) is 26.3 Å². The van der Waals surface area contributed by atoms with Gasteiger partial charge in [0.05, 0.1) is 19.3 Å². The van der Waals surface area contributed by atoms with Gasteiger partial charge in [0.15, 0.2) is 0 Å². The predicted octanol–water partition coefficient (Wildman–Crippen LogP) is 0.629. The average molecular weight is 175 g/mol. The van der Waals surface area contributed by atoms with Gasteiger partial charge in [0, 0.05) is 13.1 Å². The molecule has 2 N–H and O–H groups in total. The molecular formula is C9H21NO2. The zero-order valence-electron chi connectivity index (χ0n) is 8.34. The minimum absolute atomic E-state index is 0.194. The lowest BCUT2D eigenvalue weighted by Crippen LogP contribution is -2.26. The van der Waals surface area contributed by atoms with E-state index in [1.165, 1.54) is 0 Å². The third-order valence-corrected chi connectivity index (χ3v) is 1.89. The van der Waals surface area contributed by atoms with Gasteiger partial charge in [-0.1, -0.05) is 13.8 Å². The van der Waals surface area contributed by atoms with E-state index >= 15 is 0 Å². The summed E-state index contributed by atoms with van der Waals surface area (Å²) in [4.78, 5) is 0. The Labute approximate surface area is 75.1 Å². The molecule has 12 heavy (non-hydrogen) atoms. The van der Waals surface area contributed by atoms with E-state index in [1.54, 1.807) is 0 Å². The van der Waals surface area contributed by atoms with Gasteiger partial charge in [0.25, 0.3) is 0 Å². The molecule has 3 heteroatoms. The number of hydrogen-bond acceptors (Lipinski definition) is 3. The summed E-state index contributed by atoms with van der Waals surface area (Å²) in [5.41, 5.74) is 0. The molecule has 0 spiro atoms. The van der Waals surface area contributed by atoms with Crippen LogP contribution in [0.15, 0.2) is 0 Å². The first kappa shape index (κ1) is 11.9. The van der Waals surface area contributed by atoms with Crippen LogP contribution in [-0.2, 0) is 4.74 Å². The van der Waals surface area contributed by atoms with Crippen LogP contribution in [0.3, 0.4) is 0 Å². The van der Waals surface area contributed by atoms with E-state index in [0.717, 1.165) is 13.2 Å². The summed E-state index contributed by atoms with van der Waals surface area (Å²) in [7, 11) is 0. The second kappa shape index (κ2) is 7.53. The first-order valence-corrected chi connectivity index (χ1v) is 4.61. The highest BCUT2D eigenvalue weighted by Gasteiger charge is 2.05. The molecule has 0 aromatic carbocycles. The lowest BCUT2D eigenvalue weighted by atomic mass is 10.1. The van der Waals surface area contributed by atoms with Gasteiger partial charge in [-0.05, 0) is 12.8 Å². The highest BCUT2D eigenvalue weighted by molar-refractivity contribution is 4.55. The molecule has 0 aliphatic heterocycles. The number of hydrogen-bond donors (Lipinski definition) is 2. The molecule has 0 heterocycles. The monoisotopic (exact) mass is 175 g/mol. The molecule has 74 valence electrons. The van der Waals surface area contributed by atoms with E-state index < -0.39 is 0 Å². The molecule has 0 aliphatic carbocycles. The topological polar surface area (TPSA) is 41.5 Å². The van der Waals surface area contributed by atoms with Crippen molar-refractivity contribution in [3.05, 3.63) is 0 Å². The summed E-state index contributed by atoms with van der Waals surface area (Å²) in [5.74, 6) is 0.572. The molecule has 0 rings (SSSR count). The molecule has 0 radical (unpaired) electrons. The number of aliphatic hydroxyl groups excluding tert-OH is 1. The summed E-state index contributed by atoms with van der Waals surface area (Å²) in [6, 6.07) is 0. The minimum Gasteiger partial charge on any atom is -0.395 e. The SMILES string of the molecule is CC(C)C(C)OCCNCCO. The normalized spacial score (nSPS) is 13.8. The van der Waals surface area contributed by atoms with Crippen LogP contribution in [0.4, 0.5) is 0 Å². The van der Waals surface area contributed by atoms with Crippen LogP contribution in [0.2, 0.25) is 0 Å². The van der Waals surface area contributed by atoms with E-state index in [-0.39, 0.29) is 6.61 Å². The Hall–Kier alpha value is -0.120. The Bertz CT molecular complexity index is 96.5. The molecular weight excluding hydrogens is 154 g/mol. The molecule has 1 unspecified atom stereocenters. The van der Waals surface area contributed by atoms with Crippen molar-refractivity contribution in [2.45, 2.75) is 26.9 Å². The predicted molar refractivity (Wildman–Crippen MR) is 50.2 cm³/mol. The van der Waals surface area contributed by atoms with Crippen molar-refractivity contribution in [3.8, 4) is 0 Å². The maximum atomic E-state index is 8.46.